The van der Waals surface area contributed by atoms with Gasteiger partial charge in [0.2, 0.25) is 11.8 Å². The fraction of sp³-hybridized carbons (Fsp3) is 0.375. The molecule has 0 aliphatic rings. The predicted octanol–water partition coefficient (Wildman–Crippen LogP) is 5.45. The first-order chi connectivity index (χ1) is 19.0. The summed E-state index contributed by atoms with van der Waals surface area (Å²) in [6.07, 6.45) is 1.16. The van der Waals surface area contributed by atoms with E-state index in [0.717, 1.165) is 34.2 Å². The first-order valence-corrected chi connectivity index (χ1v) is 15.2. The van der Waals surface area contributed by atoms with Crippen LogP contribution in [0.15, 0.2) is 71.6 Å². The van der Waals surface area contributed by atoms with Crippen LogP contribution in [0, 0.1) is 27.7 Å². The molecule has 0 saturated heterocycles. The molecule has 0 saturated carbocycles. The van der Waals surface area contributed by atoms with Gasteiger partial charge in [0.05, 0.1) is 10.6 Å². The number of anilines is 1. The molecule has 0 fully saturated rings. The van der Waals surface area contributed by atoms with Crippen LogP contribution in [0.2, 0.25) is 0 Å². The summed E-state index contributed by atoms with van der Waals surface area (Å²) < 4.78 is 29.2. The first-order valence-electron chi connectivity index (χ1n) is 13.8. The Bertz CT molecular complexity index is 1410. The van der Waals surface area contributed by atoms with Crippen molar-refractivity contribution in [1.29, 1.82) is 0 Å². The molecule has 3 aromatic rings. The fourth-order valence-electron chi connectivity index (χ4n) is 4.72. The Kier molecular flexibility index (Phi) is 10.5. The maximum atomic E-state index is 14.2. The molecule has 0 aromatic heterocycles. The normalized spacial score (nSPS) is 12.1. The first kappa shape index (κ1) is 30.9. The highest BCUT2D eigenvalue weighted by atomic mass is 32.2. The van der Waals surface area contributed by atoms with E-state index in [-0.39, 0.29) is 17.3 Å². The predicted molar refractivity (Wildman–Crippen MR) is 161 cm³/mol. The van der Waals surface area contributed by atoms with Gasteiger partial charge in [-0.2, -0.15) is 0 Å². The minimum Gasteiger partial charge on any atom is -0.354 e. The maximum Gasteiger partial charge on any atom is 0.264 e. The van der Waals surface area contributed by atoms with Gasteiger partial charge in [-0.05, 0) is 87.1 Å². The van der Waals surface area contributed by atoms with Crippen molar-refractivity contribution >= 4 is 27.5 Å². The van der Waals surface area contributed by atoms with Crippen molar-refractivity contribution in [1.82, 2.24) is 10.2 Å². The fourth-order valence-corrected chi connectivity index (χ4v) is 6.12. The Labute approximate surface area is 239 Å². The van der Waals surface area contributed by atoms with E-state index < -0.39 is 28.5 Å². The van der Waals surface area contributed by atoms with E-state index in [4.69, 9.17) is 0 Å². The van der Waals surface area contributed by atoms with Crippen molar-refractivity contribution in [3.8, 4) is 0 Å². The second kappa shape index (κ2) is 13.6. The summed E-state index contributed by atoms with van der Waals surface area (Å²) in [4.78, 5) is 29.0. The van der Waals surface area contributed by atoms with E-state index in [1.165, 1.54) is 9.21 Å². The van der Waals surface area contributed by atoms with Crippen LogP contribution >= 0.6 is 0 Å². The number of carbonyl (C=O) groups excluding carboxylic acids is 2. The second-order valence-corrected chi connectivity index (χ2v) is 12.2. The number of amides is 2. The zero-order valence-electron chi connectivity index (χ0n) is 24.4. The highest BCUT2D eigenvalue weighted by molar-refractivity contribution is 7.92. The number of hydrogen-bond donors (Lipinski definition) is 1. The smallest absolute Gasteiger partial charge is 0.264 e. The van der Waals surface area contributed by atoms with Crippen LogP contribution < -0.4 is 9.62 Å². The van der Waals surface area contributed by atoms with Crippen molar-refractivity contribution in [3.63, 3.8) is 0 Å². The van der Waals surface area contributed by atoms with E-state index in [9.17, 15) is 18.0 Å². The molecule has 40 heavy (non-hydrogen) atoms. The highest BCUT2D eigenvalue weighted by Gasteiger charge is 2.34. The number of carbonyl (C=O) groups is 2. The van der Waals surface area contributed by atoms with Gasteiger partial charge in [0.1, 0.15) is 12.6 Å². The third kappa shape index (κ3) is 7.50. The topological polar surface area (TPSA) is 86.8 Å². The van der Waals surface area contributed by atoms with Gasteiger partial charge in [0.15, 0.2) is 0 Å². The summed E-state index contributed by atoms with van der Waals surface area (Å²) in [6.45, 7) is 11.7. The van der Waals surface area contributed by atoms with E-state index in [0.29, 0.717) is 18.7 Å². The van der Waals surface area contributed by atoms with Crippen LogP contribution in [0.3, 0.4) is 0 Å². The number of sulfonamides is 1. The van der Waals surface area contributed by atoms with Gasteiger partial charge >= 0.3 is 0 Å². The molecule has 2 amide bonds. The van der Waals surface area contributed by atoms with Crippen LogP contribution in [-0.4, -0.2) is 44.3 Å². The summed E-state index contributed by atoms with van der Waals surface area (Å²) in [5, 5.41) is 2.92. The minimum absolute atomic E-state index is 0.100. The summed E-state index contributed by atoms with van der Waals surface area (Å²) >= 11 is 0. The molecule has 1 N–H and O–H groups in total. The lowest BCUT2D eigenvalue weighted by Crippen LogP contribution is -2.52. The van der Waals surface area contributed by atoms with Crippen LogP contribution in [0.4, 0.5) is 5.69 Å². The van der Waals surface area contributed by atoms with E-state index >= 15 is 0 Å². The van der Waals surface area contributed by atoms with Crippen LogP contribution in [-0.2, 0) is 26.2 Å². The summed E-state index contributed by atoms with van der Waals surface area (Å²) in [5.74, 6) is -0.692. The van der Waals surface area contributed by atoms with Gasteiger partial charge in [0, 0.05) is 13.1 Å². The zero-order chi connectivity index (χ0) is 29.4. The quantitative estimate of drug-likeness (QED) is 0.318. The third-order valence-corrected chi connectivity index (χ3v) is 8.71. The number of rotatable bonds is 12. The van der Waals surface area contributed by atoms with Crippen LogP contribution in [0.1, 0.15) is 54.5 Å². The molecule has 0 heterocycles. The molecule has 3 rings (SSSR count). The molecule has 7 nitrogen and oxygen atoms in total. The molecular weight excluding hydrogens is 522 g/mol. The summed E-state index contributed by atoms with van der Waals surface area (Å²) in [7, 11) is -4.10. The van der Waals surface area contributed by atoms with Crippen molar-refractivity contribution in [2.24, 2.45) is 0 Å². The molecule has 1 atom stereocenters. The lowest BCUT2D eigenvalue weighted by atomic mass is 10.1. The number of nitrogens with zero attached hydrogens (tertiary/aromatic N) is 2. The van der Waals surface area contributed by atoms with Gasteiger partial charge in [-0.25, -0.2) is 8.42 Å². The molecule has 3 aromatic carbocycles. The molecular formula is C32H41N3O4S. The Morgan fingerprint density at radius 3 is 2.05 bits per heavy atom. The summed E-state index contributed by atoms with van der Waals surface area (Å²) in [5.41, 5.74) is 4.99. The lowest BCUT2D eigenvalue weighted by molar-refractivity contribution is -0.140. The number of benzene rings is 3. The minimum atomic E-state index is -4.10. The van der Waals surface area contributed by atoms with Crippen molar-refractivity contribution in [2.45, 2.75) is 71.9 Å². The van der Waals surface area contributed by atoms with E-state index in [1.54, 1.807) is 36.4 Å². The molecule has 0 radical (unpaired) electrons. The van der Waals surface area contributed by atoms with E-state index in [2.05, 4.69) is 5.32 Å². The molecule has 0 unspecified atom stereocenters. The average Bonchev–Trinajstić information content (AvgIpc) is 2.90. The SMILES string of the molecule is CCCNC(=O)[C@@H](CC)N(Cc1ccccc1C)C(=O)CN(c1cc(C)cc(C)c1)S(=O)(=O)c1ccc(C)cc1. The van der Waals surface area contributed by atoms with Crippen LogP contribution in [0.25, 0.3) is 0 Å². The molecule has 0 spiro atoms. The van der Waals surface area contributed by atoms with Crippen LogP contribution in [0.5, 0.6) is 0 Å². The molecule has 8 heteroatoms. The summed E-state index contributed by atoms with van der Waals surface area (Å²) in [6, 6.07) is 19.0. The average molecular weight is 564 g/mol. The highest BCUT2D eigenvalue weighted by Crippen LogP contribution is 2.27. The monoisotopic (exact) mass is 563 g/mol. The second-order valence-electron chi connectivity index (χ2n) is 10.3. The van der Waals surface area contributed by atoms with E-state index in [1.807, 2.05) is 71.9 Å². The Morgan fingerprint density at radius 1 is 0.850 bits per heavy atom. The molecule has 0 bridgehead atoms. The van der Waals surface area contributed by atoms with Gasteiger partial charge in [-0.15, -0.1) is 0 Å². The zero-order valence-corrected chi connectivity index (χ0v) is 25.2. The number of nitrogens with one attached hydrogen (secondary N) is 1. The van der Waals surface area contributed by atoms with Crippen molar-refractivity contribution in [2.75, 3.05) is 17.4 Å². The largest absolute Gasteiger partial charge is 0.354 e. The van der Waals surface area contributed by atoms with Crippen molar-refractivity contribution in [3.05, 3.63) is 94.5 Å². The molecule has 214 valence electrons. The van der Waals surface area contributed by atoms with Gasteiger partial charge < -0.3 is 10.2 Å². The van der Waals surface area contributed by atoms with Gasteiger partial charge in [-0.1, -0.05) is 61.9 Å². The lowest BCUT2D eigenvalue weighted by Gasteiger charge is -2.33. The van der Waals surface area contributed by atoms with Gasteiger partial charge in [-0.3, -0.25) is 13.9 Å². The maximum absolute atomic E-state index is 14.2. The molecule has 0 aliphatic carbocycles. The Morgan fingerprint density at radius 2 is 1.48 bits per heavy atom. The Hall–Kier alpha value is -3.65. The number of aryl methyl sites for hydroxylation is 4. The standard InChI is InChI=1S/C32H41N3O4S/c1-7-17-33-32(37)30(8-2)34(21-27-12-10-9-11-26(27)6)31(36)22-35(28-19-24(4)18-25(5)20-28)40(38,39)29-15-13-23(3)14-16-29/h9-16,18-20,30H,7-8,17,21-22H2,1-6H3,(H,33,37)/t30-/m1/s1. The van der Waals surface area contributed by atoms with Gasteiger partial charge in [0.25, 0.3) is 10.0 Å². The van der Waals surface area contributed by atoms with Crippen molar-refractivity contribution < 1.29 is 18.0 Å². The third-order valence-electron chi connectivity index (χ3n) is 6.92. The molecule has 0 aliphatic heterocycles. The Balaban J connectivity index is 2.10. The number of hydrogen-bond acceptors (Lipinski definition) is 4.